The number of aliphatic hydroxyl groups is 1. The molecule has 0 spiro atoms. The van der Waals surface area contributed by atoms with Gasteiger partial charge >= 0.3 is 0 Å². The number of likely N-dealkylation sites (tertiary alicyclic amines) is 1. The Balaban J connectivity index is 1.80. The van der Waals surface area contributed by atoms with E-state index in [0.717, 1.165) is 54.7 Å². The van der Waals surface area contributed by atoms with Gasteiger partial charge < -0.3 is 15.3 Å². The standard InChI is InChI=1S/C18H26N6O/c1-12-9-13(2)21-18(20-12)23-16-10-14(3)19-17(22-16)15-5-4-6-24(11-15)7-8-25/h9-10,15,25H,4-8,11H2,1-3H3,(H,19,20,21,22,23)/t15-/m0/s1. The molecule has 1 fully saturated rings. The van der Waals surface area contributed by atoms with Crippen molar-refractivity contribution in [1.29, 1.82) is 0 Å². The zero-order chi connectivity index (χ0) is 17.8. The number of nitrogens with one attached hydrogen (secondary N) is 1. The number of aromatic nitrogens is 4. The number of rotatable bonds is 5. The van der Waals surface area contributed by atoms with Gasteiger partial charge in [-0.15, -0.1) is 0 Å². The average Bonchev–Trinajstić information content (AvgIpc) is 2.54. The van der Waals surface area contributed by atoms with Gasteiger partial charge in [-0.05, 0) is 46.2 Å². The molecule has 0 unspecified atom stereocenters. The molecule has 0 aromatic carbocycles. The van der Waals surface area contributed by atoms with E-state index in [1.807, 2.05) is 32.9 Å². The van der Waals surface area contributed by atoms with Gasteiger partial charge in [0.25, 0.3) is 0 Å². The molecule has 7 heteroatoms. The van der Waals surface area contributed by atoms with Crippen molar-refractivity contribution >= 4 is 11.8 Å². The number of β-amino-alcohol motifs (C(OH)–C–C–N with tert-alkyl or cyclic N) is 1. The van der Waals surface area contributed by atoms with E-state index < -0.39 is 0 Å². The van der Waals surface area contributed by atoms with Crippen molar-refractivity contribution in [1.82, 2.24) is 24.8 Å². The van der Waals surface area contributed by atoms with E-state index in [1.165, 1.54) is 0 Å². The van der Waals surface area contributed by atoms with Crippen LogP contribution in [0.4, 0.5) is 11.8 Å². The number of aryl methyl sites for hydroxylation is 3. The predicted octanol–water partition coefficient (Wildman–Crippen LogP) is 2.11. The minimum Gasteiger partial charge on any atom is -0.395 e. The monoisotopic (exact) mass is 342 g/mol. The van der Waals surface area contributed by atoms with Crippen molar-refractivity contribution in [2.45, 2.75) is 39.5 Å². The van der Waals surface area contributed by atoms with Gasteiger partial charge in [0, 0.05) is 42.2 Å². The molecule has 3 heterocycles. The van der Waals surface area contributed by atoms with Crippen molar-refractivity contribution in [3.05, 3.63) is 35.0 Å². The summed E-state index contributed by atoms with van der Waals surface area (Å²) in [4.78, 5) is 20.5. The summed E-state index contributed by atoms with van der Waals surface area (Å²) in [6, 6.07) is 3.86. The first-order valence-electron chi connectivity index (χ1n) is 8.81. The topological polar surface area (TPSA) is 87.1 Å². The molecule has 3 rings (SSSR count). The third kappa shape index (κ3) is 4.70. The van der Waals surface area contributed by atoms with Gasteiger partial charge in [-0.25, -0.2) is 19.9 Å². The van der Waals surface area contributed by atoms with E-state index in [4.69, 9.17) is 4.98 Å². The van der Waals surface area contributed by atoms with Crippen LogP contribution in [0, 0.1) is 20.8 Å². The Morgan fingerprint density at radius 3 is 2.52 bits per heavy atom. The predicted molar refractivity (Wildman–Crippen MR) is 97.1 cm³/mol. The van der Waals surface area contributed by atoms with Gasteiger partial charge in [-0.2, -0.15) is 0 Å². The van der Waals surface area contributed by atoms with Crippen LogP contribution in [-0.2, 0) is 0 Å². The highest BCUT2D eigenvalue weighted by atomic mass is 16.3. The third-order valence-corrected chi connectivity index (χ3v) is 4.38. The number of aliphatic hydroxyl groups excluding tert-OH is 1. The van der Waals surface area contributed by atoms with Crippen molar-refractivity contribution in [3.63, 3.8) is 0 Å². The van der Waals surface area contributed by atoms with E-state index in [9.17, 15) is 5.11 Å². The molecule has 0 radical (unpaired) electrons. The molecule has 1 atom stereocenters. The second-order valence-corrected chi connectivity index (χ2v) is 6.72. The van der Waals surface area contributed by atoms with Crippen LogP contribution >= 0.6 is 0 Å². The van der Waals surface area contributed by atoms with E-state index in [-0.39, 0.29) is 6.61 Å². The smallest absolute Gasteiger partial charge is 0.228 e. The molecule has 1 aliphatic heterocycles. The zero-order valence-electron chi connectivity index (χ0n) is 15.2. The Hall–Kier alpha value is -2.12. The zero-order valence-corrected chi connectivity index (χ0v) is 15.2. The van der Waals surface area contributed by atoms with Crippen LogP contribution in [0.1, 0.15) is 41.7 Å². The summed E-state index contributed by atoms with van der Waals surface area (Å²) in [7, 11) is 0. The average molecular weight is 342 g/mol. The second kappa shape index (κ2) is 7.84. The Labute approximate surface area is 148 Å². The van der Waals surface area contributed by atoms with Crippen LogP contribution in [0.3, 0.4) is 0 Å². The van der Waals surface area contributed by atoms with Crippen molar-refractivity contribution < 1.29 is 5.11 Å². The lowest BCUT2D eigenvalue weighted by Gasteiger charge is -2.31. The number of anilines is 2. The van der Waals surface area contributed by atoms with Crippen LogP contribution in [-0.4, -0.2) is 56.2 Å². The lowest BCUT2D eigenvalue weighted by Crippen LogP contribution is -2.36. The summed E-state index contributed by atoms with van der Waals surface area (Å²) in [5.41, 5.74) is 2.78. The molecule has 7 nitrogen and oxygen atoms in total. The van der Waals surface area contributed by atoms with E-state index >= 15 is 0 Å². The number of hydrogen-bond acceptors (Lipinski definition) is 7. The Bertz CT molecular complexity index is 713. The molecule has 0 aliphatic carbocycles. The maximum absolute atomic E-state index is 9.18. The summed E-state index contributed by atoms with van der Waals surface area (Å²) in [6.07, 6.45) is 2.18. The van der Waals surface area contributed by atoms with Gasteiger partial charge in [0.05, 0.1) is 6.61 Å². The highest BCUT2D eigenvalue weighted by molar-refractivity contribution is 5.48. The first kappa shape index (κ1) is 17.7. The lowest BCUT2D eigenvalue weighted by atomic mass is 9.97. The quantitative estimate of drug-likeness (QED) is 0.860. The van der Waals surface area contributed by atoms with Crippen LogP contribution in [0.15, 0.2) is 12.1 Å². The van der Waals surface area contributed by atoms with E-state index in [1.54, 1.807) is 0 Å². The first-order chi connectivity index (χ1) is 12.0. The van der Waals surface area contributed by atoms with Crippen molar-refractivity contribution in [2.75, 3.05) is 31.6 Å². The highest BCUT2D eigenvalue weighted by Crippen LogP contribution is 2.26. The summed E-state index contributed by atoms with van der Waals surface area (Å²) >= 11 is 0. The Morgan fingerprint density at radius 2 is 1.80 bits per heavy atom. The minimum atomic E-state index is 0.193. The fourth-order valence-electron chi connectivity index (χ4n) is 3.35. The van der Waals surface area contributed by atoms with Crippen LogP contribution < -0.4 is 5.32 Å². The fourth-order valence-corrected chi connectivity index (χ4v) is 3.35. The van der Waals surface area contributed by atoms with Crippen molar-refractivity contribution in [2.24, 2.45) is 0 Å². The molecule has 0 amide bonds. The van der Waals surface area contributed by atoms with Gasteiger partial charge in [0.15, 0.2) is 0 Å². The second-order valence-electron chi connectivity index (χ2n) is 6.72. The maximum Gasteiger partial charge on any atom is 0.228 e. The highest BCUT2D eigenvalue weighted by Gasteiger charge is 2.23. The Morgan fingerprint density at radius 1 is 1.08 bits per heavy atom. The van der Waals surface area contributed by atoms with Crippen LogP contribution in [0.5, 0.6) is 0 Å². The van der Waals surface area contributed by atoms with Gasteiger partial charge in [-0.3, -0.25) is 0 Å². The normalized spacial score (nSPS) is 18.3. The SMILES string of the molecule is Cc1cc(C)nc(Nc2cc(C)nc([C@H]3CCCN(CCO)C3)n2)n1. The molecule has 2 N–H and O–H groups in total. The van der Waals surface area contributed by atoms with Crippen LogP contribution in [0.25, 0.3) is 0 Å². The molecule has 0 saturated carbocycles. The number of hydrogen-bond donors (Lipinski definition) is 2. The molecule has 2 aromatic heterocycles. The molecular formula is C18H26N6O. The molecule has 0 bridgehead atoms. The largest absolute Gasteiger partial charge is 0.395 e. The first-order valence-corrected chi connectivity index (χ1v) is 8.81. The summed E-state index contributed by atoms with van der Waals surface area (Å²) in [6.45, 7) is 8.71. The van der Waals surface area contributed by atoms with E-state index in [0.29, 0.717) is 18.4 Å². The minimum absolute atomic E-state index is 0.193. The van der Waals surface area contributed by atoms with Gasteiger partial charge in [0.2, 0.25) is 5.95 Å². The molecule has 1 aliphatic rings. The summed E-state index contributed by atoms with van der Waals surface area (Å²) in [5, 5.41) is 12.4. The maximum atomic E-state index is 9.18. The number of nitrogens with zero attached hydrogens (tertiary/aromatic N) is 5. The molecule has 134 valence electrons. The molecule has 2 aromatic rings. The van der Waals surface area contributed by atoms with E-state index in [2.05, 4.69) is 25.2 Å². The van der Waals surface area contributed by atoms with Crippen molar-refractivity contribution in [3.8, 4) is 0 Å². The van der Waals surface area contributed by atoms with Crippen LogP contribution in [0.2, 0.25) is 0 Å². The van der Waals surface area contributed by atoms with Gasteiger partial charge in [-0.1, -0.05) is 0 Å². The fraction of sp³-hybridized carbons (Fsp3) is 0.556. The molecule has 25 heavy (non-hydrogen) atoms. The lowest BCUT2D eigenvalue weighted by molar-refractivity contribution is 0.159. The molecule has 1 saturated heterocycles. The third-order valence-electron chi connectivity index (χ3n) is 4.38. The summed E-state index contributed by atoms with van der Waals surface area (Å²) in [5.74, 6) is 2.44. The Kier molecular flexibility index (Phi) is 5.55. The number of piperidine rings is 1. The van der Waals surface area contributed by atoms with Gasteiger partial charge in [0.1, 0.15) is 11.6 Å². The summed E-state index contributed by atoms with van der Waals surface area (Å²) < 4.78 is 0. The molecular weight excluding hydrogens is 316 g/mol.